The third kappa shape index (κ3) is 2.02. The second-order valence-electron chi connectivity index (χ2n) is 3.95. The first-order valence-corrected chi connectivity index (χ1v) is 5.69. The second kappa shape index (κ2) is 4.44. The van der Waals surface area contributed by atoms with Crippen LogP contribution in [-0.2, 0) is 0 Å². The van der Waals surface area contributed by atoms with Crippen LogP contribution in [-0.4, -0.2) is 18.2 Å². The van der Waals surface area contributed by atoms with Crippen LogP contribution in [0, 0.1) is 0 Å². The Morgan fingerprint density at radius 2 is 1.94 bits per heavy atom. The van der Waals surface area contributed by atoms with Gasteiger partial charge in [-0.05, 0) is 18.2 Å². The van der Waals surface area contributed by atoms with Crippen LogP contribution in [0.2, 0.25) is 0 Å². The zero-order valence-corrected chi connectivity index (χ0v) is 9.72. The van der Waals surface area contributed by atoms with Gasteiger partial charge in [0.05, 0.1) is 17.6 Å². The number of nitrogens with zero attached hydrogens (tertiary/aromatic N) is 1. The van der Waals surface area contributed by atoms with Gasteiger partial charge >= 0.3 is 0 Å². The predicted molar refractivity (Wildman–Crippen MR) is 69.4 cm³/mol. The van der Waals surface area contributed by atoms with E-state index in [0.717, 1.165) is 22.9 Å². The first-order valence-electron chi connectivity index (χ1n) is 5.69. The van der Waals surface area contributed by atoms with Crippen LogP contribution in [0.4, 0.5) is 17.1 Å². The van der Waals surface area contributed by atoms with E-state index >= 15 is 0 Å². The zero-order valence-electron chi connectivity index (χ0n) is 9.72. The number of ether oxygens (including phenoxy) is 2. The number of hydrogen-bond donors (Lipinski definition) is 2. The van der Waals surface area contributed by atoms with E-state index in [2.05, 4.69) is 10.3 Å². The van der Waals surface area contributed by atoms with Crippen molar-refractivity contribution >= 4 is 17.1 Å². The van der Waals surface area contributed by atoms with Gasteiger partial charge in [0.2, 0.25) is 0 Å². The van der Waals surface area contributed by atoms with Gasteiger partial charge in [0, 0.05) is 18.0 Å². The number of rotatable bonds is 2. The van der Waals surface area contributed by atoms with E-state index in [1.54, 1.807) is 12.4 Å². The summed E-state index contributed by atoms with van der Waals surface area (Å²) in [5.74, 6) is 1.52. The fourth-order valence-electron chi connectivity index (χ4n) is 1.80. The number of pyridine rings is 1. The average molecular weight is 243 g/mol. The van der Waals surface area contributed by atoms with Gasteiger partial charge in [-0.25, -0.2) is 0 Å². The molecular formula is C13H13N3O2. The molecule has 1 aliphatic heterocycles. The molecular weight excluding hydrogens is 230 g/mol. The lowest BCUT2D eigenvalue weighted by molar-refractivity contribution is 0.171. The van der Waals surface area contributed by atoms with Crippen LogP contribution < -0.4 is 20.5 Å². The van der Waals surface area contributed by atoms with Crippen molar-refractivity contribution in [3.05, 3.63) is 36.7 Å². The summed E-state index contributed by atoms with van der Waals surface area (Å²) in [4.78, 5) is 3.95. The largest absolute Gasteiger partial charge is 0.486 e. The maximum Gasteiger partial charge on any atom is 0.163 e. The molecule has 2 heterocycles. The van der Waals surface area contributed by atoms with Crippen LogP contribution in [0.25, 0.3) is 0 Å². The Morgan fingerprint density at radius 3 is 2.78 bits per heavy atom. The van der Waals surface area contributed by atoms with Gasteiger partial charge in [0.15, 0.2) is 11.5 Å². The van der Waals surface area contributed by atoms with Gasteiger partial charge in [-0.1, -0.05) is 0 Å². The highest BCUT2D eigenvalue weighted by molar-refractivity contribution is 5.72. The summed E-state index contributed by atoms with van der Waals surface area (Å²) in [6.45, 7) is 1.17. The van der Waals surface area contributed by atoms with E-state index in [4.69, 9.17) is 15.2 Å². The molecule has 0 unspecified atom stereocenters. The van der Waals surface area contributed by atoms with E-state index in [1.807, 2.05) is 24.3 Å². The van der Waals surface area contributed by atoms with Crippen LogP contribution in [0.15, 0.2) is 36.7 Å². The molecule has 1 aliphatic rings. The maximum absolute atomic E-state index is 5.83. The number of hydrogen-bond acceptors (Lipinski definition) is 5. The third-order valence-corrected chi connectivity index (χ3v) is 2.67. The number of anilines is 3. The summed E-state index contributed by atoms with van der Waals surface area (Å²) >= 11 is 0. The van der Waals surface area contributed by atoms with Crippen LogP contribution in [0.3, 0.4) is 0 Å². The molecule has 1 aromatic heterocycles. The summed E-state index contributed by atoms with van der Waals surface area (Å²) < 4.78 is 11.0. The summed E-state index contributed by atoms with van der Waals surface area (Å²) in [7, 11) is 0. The van der Waals surface area contributed by atoms with Crippen molar-refractivity contribution < 1.29 is 9.47 Å². The summed E-state index contributed by atoms with van der Waals surface area (Å²) in [5, 5.41) is 3.22. The molecule has 0 saturated heterocycles. The Bertz CT molecular complexity index is 572. The van der Waals surface area contributed by atoms with E-state index in [-0.39, 0.29) is 0 Å². The highest BCUT2D eigenvalue weighted by Gasteiger charge is 2.11. The number of nitrogens with one attached hydrogen (secondary N) is 1. The minimum atomic E-state index is 0.577. The molecule has 0 amide bonds. The van der Waals surface area contributed by atoms with Gasteiger partial charge < -0.3 is 20.5 Å². The number of nitrogen functional groups attached to an aromatic ring is 1. The van der Waals surface area contributed by atoms with Crippen molar-refractivity contribution in [2.24, 2.45) is 0 Å². The topological polar surface area (TPSA) is 69.4 Å². The minimum Gasteiger partial charge on any atom is -0.486 e. The average Bonchev–Trinajstić information content (AvgIpc) is 2.41. The van der Waals surface area contributed by atoms with Gasteiger partial charge in [0.1, 0.15) is 13.2 Å². The van der Waals surface area contributed by atoms with Crippen LogP contribution >= 0.6 is 0 Å². The molecule has 0 aliphatic carbocycles. The SMILES string of the molecule is Nc1cnccc1Nc1ccc2c(c1)OCCO2. The van der Waals surface area contributed by atoms with Gasteiger partial charge in [0.25, 0.3) is 0 Å². The smallest absolute Gasteiger partial charge is 0.163 e. The van der Waals surface area contributed by atoms with E-state index in [0.29, 0.717) is 18.9 Å². The molecule has 5 nitrogen and oxygen atoms in total. The fourth-order valence-corrected chi connectivity index (χ4v) is 1.80. The van der Waals surface area contributed by atoms with Gasteiger partial charge in [-0.15, -0.1) is 0 Å². The van der Waals surface area contributed by atoms with Gasteiger partial charge in [-0.2, -0.15) is 0 Å². The van der Waals surface area contributed by atoms with E-state index < -0.39 is 0 Å². The lowest BCUT2D eigenvalue weighted by atomic mass is 10.2. The van der Waals surface area contributed by atoms with Gasteiger partial charge in [-0.3, -0.25) is 4.98 Å². The van der Waals surface area contributed by atoms with Crippen molar-refractivity contribution in [3.63, 3.8) is 0 Å². The van der Waals surface area contributed by atoms with E-state index in [9.17, 15) is 0 Å². The Morgan fingerprint density at radius 1 is 1.11 bits per heavy atom. The minimum absolute atomic E-state index is 0.577. The normalized spacial score (nSPS) is 13.1. The Labute approximate surface area is 105 Å². The summed E-state index contributed by atoms with van der Waals surface area (Å²) in [6.07, 6.45) is 3.30. The summed E-state index contributed by atoms with van der Waals surface area (Å²) in [6, 6.07) is 7.53. The zero-order chi connectivity index (χ0) is 12.4. The van der Waals surface area contributed by atoms with Crippen molar-refractivity contribution in [3.8, 4) is 11.5 Å². The Hall–Kier alpha value is -2.43. The van der Waals surface area contributed by atoms with Crippen molar-refractivity contribution in [1.29, 1.82) is 0 Å². The molecule has 0 spiro atoms. The highest BCUT2D eigenvalue weighted by atomic mass is 16.6. The molecule has 0 bridgehead atoms. The second-order valence-corrected chi connectivity index (χ2v) is 3.95. The van der Waals surface area contributed by atoms with Crippen molar-refractivity contribution in [2.75, 3.05) is 24.3 Å². The molecule has 0 radical (unpaired) electrons. The standard InChI is InChI=1S/C13H13N3O2/c14-10-8-15-4-3-11(10)16-9-1-2-12-13(7-9)18-6-5-17-12/h1-4,7-8H,5-6,14H2,(H,15,16). The Balaban J connectivity index is 1.87. The lowest BCUT2D eigenvalue weighted by Gasteiger charge is -2.19. The molecule has 18 heavy (non-hydrogen) atoms. The number of aromatic nitrogens is 1. The molecule has 0 atom stereocenters. The highest BCUT2D eigenvalue weighted by Crippen LogP contribution is 2.34. The molecule has 0 fully saturated rings. The molecule has 5 heteroatoms. The molecule has 1 aromatic carbocycles. The predicted octanol–water partition coefficient (Wildman–Crippen LogP) is 2.18. The number of fused-ring (bicyclic) bond motifs is 1. The molecule has 3 rings (SSSR count). The van der Waals surface area contributed by atoms with Crippen LogP contribution in [0.5, 0.6) is 11.5 Å². The molecule has 3 N–H and O–H groups in total. The van der Waals surface area contributed by atoms with Crippen molar-refractivity contribution in [2.45, 2.75) is 0 Å². The molecule has 2 aromatic rings. The quantitative estimate of drug-likeness (QED) is 0.846. The first-order chi connectivity index (χ1) is 8.83. The third-order valence-electron chi connectivity index (χ3n) is 2.67. The van der Waals surface area contributed by atoms with E-state index in [1.165, 1.54) is 0 Å². The molecule has 92 valence electrons. The number of benzene rings is 1. The maximum atomic E-state index is 5.83. The lowest BCUT2D eigenvalue weighted by Crippen LogP contribution is -2.15. The number of nitrogens with two attached hydrogens (primary N) is 1. The van der Waals surface area contributed by atoms with Crippen molar-refractivity contribution in [1.82, 2.24) is 4.98 Å². The fraction of sp³-hybridized carbons (Fsp3) is 0.154. The Kier molecular flexibility index (Phi) is 2.64. The summed E-state index contributed by atoms with van der Waals surface area (Å²) in [5.41, 5.74) is 8.15. The monoisotopic (exact) mass is 243 g/mol. The van der Waals surface area contributed by atoms with Crippen LogP contribution in [0.1, 0.15) is 0 Å². The molecule has 0 saturated carbocycles. The first kappa shape index (κ1) is 10.7.